The number of anilines is 1. The summed E-state index contributed by atoms with van der Waals surface area (Å²) in [6.45, 7) is 4.59. The molecule has 0 atom stereocenters. The van der Waals surface area contributed by atoms with Crippen LogP contribution in [-0.4, -0.2) is 27.5 Å². The second-order valence-electron chi connectivity index (χ2n) is 6.39. The van der Waals surface area contributed by atoms with Crippen LogP contribution >= 0.6 is 0 Å². The number of carbonyl (C=O) groups is 1. The summed E-state index contributed by atoms with van der Waals surface area (Å²) in [6.07, 6.45) is 1.51. The minimum atomic E-state index is -3.98. The maximum absolute atomic E-state index is 13.0. The zero-order valence-corrected chi connectivity index (χ0v) is 18.1. The summed E-state index contributed by atoms with van der Waals surface area (Å²) < 4.78 is 44.7. The number of ether oxygens (including phenoxy) is 2. The monoisotopic (exact) mass is 444 g/mol. The maximum Gasteiger partial charge on any atom is 0.262 e. The topological polar surface area (TPSA) is 107 Å². The third kappa shape index (κ3) is 5.58. The van der Waals surface area contributed by atoms with E-state index in [2.05, 4.69) is 10.0 Å². The van der Waals surface area contributed by atoms with E-state index in [-0.39, 0.29) is 22.7 Å². The van der Waals surface area contributed by atoms with Gasteiger partial charge in [-0.25, -0.2) is 8.42 Å². The summed E-state index contributed by atoms with van der Waals surface area (Å²) in [5.41, 5.74) is 0.347. The van der Waals surface area contributed by atoms with Crippen molar-refractivity contribution in [2.75, 3.05) is 17.9 Å². The SMILES string of the molecule is CCOc1ccc(S(=O)(=O)Nc2ccccc2C(=O)NCc2ccco2)cc1OCC. The van der Waals surface area contributed by atoms with Crippen molar-refractivity contribution < 1.29 is 27.1 Å². The van der Waals surface area contributed by atoms with E-state index in [1.807, 2.05) is 6.92 Å². The van der Waals surface area contributed by atoms with Gasteiger partial charge in [0.25, 0.3) is 15.9 Å². The molecular weight excluding hydrogens is 420 g/mol. The normalized spacial score (nSPS) is 11.0. The summed E-state index contributed by atoms with van der Waals surface area (Å²) in [5.74, 6) is 0.943. The van der Waals surface area contributed by atoms with E-state index in [4.69, 9.17) is 13.9 Å². The maximum atomic E-state index is 13.0. The molecule has 31 heavy (non-hydrogen) atoms. The molecule has 0 radical (unpaired) electrons. The Labute approximate surface area is 181 Å². The third-order valence-corrected chi connectivity index (χ3v) is 5.61. The quantitative estimate of drug-likeness (QED) is 0.492. The van der Waals surface area contributed by atoms with Crippen LogP contribution in [0.3, 0.4) is 0 Å². The van der Waals surface area contributed by atoms with E-state index in [0.29, 0.717) is 30.5 Å². The molecule has 0 bridgehead atoms. The molecule has 1 amide bonds. The first-order valence-corrected chi connectivity index (χ1v) is 11.2. The summed E-state index contributed by atoms with van der Waals surface area (Å²) >= 11 is 0. The second kappa shape index (κ2) is 10.0. The zero-order valence-electron chi connectivity index (χ0n) is 17.3. The number of benzene rings is 2. The Morgan fingerprint density at radius 1 is 0.968 bits per heavy atom. The van der Waals surface area contributed by atoms with Crippen molar-refractivity contribution in [1.82, 2.24) is 5.32 Å². The Balaban J connectivity index is 1.83. The predicted octanol–water partition coefficient (Wildman–Crippen LogP) is 3.81. The Hall–Kier alpha value is -3.46. The molecule has 0 saturated heterocycles. The number of carbonyl (C=O) groups excluding carboxylic acids is 1. The molecule has 0 saturated carbocycles. The van der Waals surface area contributed by atoms with Crippen molar-refractivity contribution in [3.05, 3.63) is 72.2 Å². The predicted molar refractivity (Wildman–Crippen MR) is 116 cm³/mol. The lowest BCUT2D eigenvalue weighted by atomic mass is 10.1. The summed E-state index contributed by atoms with van der Waals surface area (Å²) in [5, 5.41) is 2.71. The minimum Gasteiger partial charge on any atom is -0.490 e. The highest BCUT2D eigenvalue weighted by molar-refractivity contribution is 7.92. The molecule has 0 aliphatic carbocycles. The van der Waals surface area contributed by atoms with Crippen molar-refractivity contribution in [1.29, 1.82) is 0 Å². The van der Waals surface area contributed by atoms with Gasteiger partial charge in [-0.2, -0.15) is 0 Å². The van der Waals surface area contributed by atoms with Gasteiger partial charge in [0, 0.05) is 6.07 Å². The molecule has 164 valence electrons. The standard InChI is InChI=1S/C22H24N2O6S/c1-3-28-20-12-11-17(14-21(20)29-4-2)31(26,27)24-19-10-6-5-9-18(19)22(25)23-15-16-8-7-13-30-16/h5-14,24H,3-4,15H2,1-2H3,(H,23,25). The van der Waals surface area contributed by atoms with Crippen molar-refractivity contribution in [2.24, 2.45) is 0 Å². The van der Waals surface area contributed by atoms with E-state index in [1.54, 1.807) is 43.3 Å². The second-order valence-corrected chi connectivity index (χ2v) is 8.07. The number of hydrogen-bond acceptors (Lipinski definition) is 6. The highest BCUT2D eigenvalue weighted by Crippen LogP contribution is 2.31. The van der Waals surface area contributed by atoms with Crippen LogP contribution in [0.25, 0.3) is 0 Å². The number of nitrogens with one attached hydrogen (secondary N) is 2. The highest BCUT2D eigenvalue weighted by atomic mass is 32.2. The van der Waals surface area contributed by atoms with Crippen molar-refractivity contribution >= 4 is 21.6 Å². The van der Waals surface area contributed by atoms with Gasteiger partial charge < -0.3 is 19.2 Å². The van der Waals surface area contributed by atoms with Gasteiger partial charge in [-0.05, 0) is 50.2 Å². The lowest BCUT2D eigenvalue weighted by Crippen LogP contribution is -2.24. The molecular formula is C22H24N2O6S. The van der Waals surface area contributed by atoms with Gasteiger partial charge >= 0.3 is 0 Å². The number of sulfonamides is 1. The minimum absolute atomic E-state index is 0.00907. The molecule has 0 aliphatic rings. The Morgan fingerprint density at radius 3 is 2.42 bits per heavy atom. The van der Waals surface area contributed by atoms with Crippen LogP contribution in [0.1, 0.15) is 30.0 Å². The molecule has 2 aromatic carbocycles. The average molecular weight is 445 g/mol. The number of furan rings is 1. The Bertz CT molecular complexity index is 1130. The average Bonchev–Trinajstić information content (AvgIpc) is 3.27. The summed E-state index contributed by atoms with van der Waals surface area (Å²) in [4.78, 5) is 12.6. The molecule has 8 nitrogen and oxygen atoms in total. The van der Waals surface area contributed by atoms with Gasteiger partial charge in [0.15, 0.2) is 11.5 Å². The fraction of sp³-hybridized carbons (Fsp3) is 0.227. The highest BCUT2D eigenvalue weighted by Gasteiger charge is 2.20. The molecule has 1 heterocycles. The van der Waals surface area contributed by atoms with Crippen LogP contribution in [-0.2, 0) is 16.6 Å². The van der Waals surface area contributed by atoms with E-state index < -0.39 is 15.9 Å². The first-order valence-electron chi connectivity index (χ1n) is 9.76. The number of para-hydroxylation sites is 1. The van der Waals surface area contributed by atoms with Crippen molar-refractivity contribution in [2.45, 2.75) is 25.3 Å². The molecule has 0 fully saturated rings. The van der Waals surface area contributed by atoms with Gasteiger partial charge in [-0.3, -0.25) is 9.52 Å². The largest absolute Gasteiger partial charge is 0.490 e. The van der Waals surface area contributed by atoms with Crippen LogP contribution < -0.4 is 19.5 Å². The van der Waals surface area contributed by atoms with Gasteiger partial charge in [0.2, 0.25) is 0 Å². The molecule has 9 heteroatoms. The van der Waals surface area contributed by atoms with Crippen LogP contribution in [0, 0.1) is 0 Å². The lowest BCUT2D eigenvalue weighted by Gasteiger charge is -2.15. The molecule has 2 N–H and O–H groups in total. The molecule has 0 unspecified atom stereocenters. The summed E-state index contributed by atoms with van der Waals surface area (Å²) in [6, 6.07) is 14.2. The Morgan fingerprint density at radius 2 is 1.71 bits per heavy atom. The van der Waals surface area contributed by atoms with E-state index >= 15 is 0 Å². The first kappa shape index (κ1) is 22.2. The summed E-state index contributed by atoms with van der Waals surface area (Å²) in [7, 11) is -3.98. The molecule has 3 aromatic rings. The van der Waals surface area contributed by atoms with Crippen LogP contribution in [0.5, 0.6) is 11.5 Å². The van der Waals surface area contributed by atoms with E-state index in [9.17, 15) is 13.2 Å². The van der Waals surface area contributed by atoms with E-state index in [0.717, 1.165) is 0 Å². The van der Waals surface area contributed by atoms with Gasteiger partial charge in [0.1, 0.15) is 5.76 Å². The van der Waals surface area contributed by atoms with Gasteiger partial charge in [-0.15, -0.1) is 0 Å². The molecule has 0 aliphatic heterocycles. The van der Waals surface area contributed by atoms with Crippen LogP contribution in [0.2, 0.25) is 0 Å². The lowest BCUT2D eigenvalue weighted by molar-refractivity contribution is 0.0949. The smallest absolute Gasteiger partial charge is 0.262 e. The van der Waals surface area contributed by atoms with Gasteiger partial charge in [-0.1, -0.05) is 12.1 Å². The molecule has 1 aromatic heterocycles. The third-order valence-electron chi connectivity index (χ3n) is 4.24. The van der Waals surface area contributed by atoms with Crippen molar-refractivity contribution in [3.63, 3.8) is 0 Å². The number of hydrogen-bond donors (Lipinski definition) is 2. The van der Waals surface area contributed by atoms with Crippen LogP contribution in [0.4, 0.5) is 5.69 Å². The fourth-order valence-corrected chi connectivity index (χ4v) is 3.94. The molecule has 3 rings (SSSR count). The fourth-order valence-electron chi connectivity index (χ4n) is 2.85. The molecule has 0 spiro atoms. The first-order chi connectivity index (χ1) is 14.9. The zero-order chi connectivity index (χ0) is 22.3. The van der Waals surface area contributed by atoms with Gasteiger partial charge in [0.05, 0.1) is 42.2 Å². The number of amides is 1. The Kier molecular flexibility index (Phi) is 7.19. The van der Waals surface area contributed by atoms with Crippen molar-refractivity contribution in [3.8, 4) is 11.5 Å². The van der Waals surface area contributed by atoms with Crippen LogP contribution in [0.15, 0.2) is 70.2 Å². The van der Waals surface area contributed by atoms with E-state index in [1.165, 1.54) is 24.5 Å². The number of rotatable bonds is 10.